The second-order valence-electron chi connectivity index (χ2n) is 4.99. The normalized spacial score (nSPS) is 26.6. The van der Waals surface area contributed by atoms with E-state index in [-0.39, 0.29) is 0 Å². The van der Waals surface area contributed by atoms with Gasteiger partial charge >= 0.3 is 0 Å². The van der Waals surface area contributed by atoms with E-state index in [1.165, 1.54) is 13.0 Å². The summed E-state index contributed by atoms with van der Waals surface area (Å²) < 4.78 is 0. The zero-order chi connectivity index (χ0) is 12.0. The summed E-state index contributed by atoms with van der Waals surface area (Å²) in [5.74, 6) is 6.87. The van der Waals surface area contributed by atoms with E-state index in [1.807, 2.05) is 6.92 Å². The summed E-state index contributed by atoms with van der Waals surface area (Å²) in [5.41, 5.74) is 0. The predicted molar refractivity (Wildman–Crippen MR) is 70.3 cm³/mol. The quantitative estimate of drug-likeness (QED) is 0.733. The van der Waals surface area contributed by atoms with Crippen LogP contribution in [0.3, 0.4) is 0 Å². The summed E-state index contributed by atoms with van der Waals surface area (Å²) in [5, 5.41) is 3.66. The highest BCUT2D eigenvalue weighted by Gasteiger charge is 2.27. The van der Waals surface area contributed by atoms with Crippen LogP contribution in [0.25, 0.3) is 0 Å². The molecule has 0 saturated carbocycles. The Morgan fingerprint density at radius 2 is 2.19 bits per heavy atom. The summed E-state index contributed by atoms with van der Waals surface area (Å²) in [7, 11) is 0. The first-order valence-electron chi connectivity index (χ1n) is 6.56. The van der Waals surface area contributed by atoms with Crippen LogP contribution in [0.2, 0.25) is 0 Å². The van der Waals surface area contributed by atoms with E-state index < -0.39 is 0 Å². The van der Waals surface area contributed by atoms with Crippen molar-refractivity contribution in [3.63, 3.8) is 0 Å². The minimum absolute atomic E-state index is 0.650. The summed E-state index contributed by atoms with van der Waals surface area (Å²) >= 11 is 0. The Bertz CT molecular complexity index is 249. The fourth-order valence-electron chi connectivity index (χ4n) is 2.33. The number of rotatable bonds is 4. The monoisotopic (exact) mass is 222 g/mol. The highest BCUT2D eigenvalue weighted by Crippen LogP contribution is 2.15. The van der Waals surface area contributed by atoms with E-state index in [9.17, 15) is 0 Å². The predicted octanol–water partition coefficient (Wildman–Crippen LogP) is 2.11. The third kappa shape index (κ3) is 3.81. The average molecular weight is 222 g/mol. The Hall–Kier alpha value is -0.520. The van der Waals surface area contributed by atoms with Gasteiger partial charge in [0.1, 0.15) is 0 Å². The zero-order valence-electron chi connectivity index (χ0n) is 11.2. The lowest BCUT2D eigenvalue weighted by atomic mass is 9.98. The molecule has 0 radical (unpaired) electrons. The van der Waals surface area contributed by atoms with Gasteiger partial charge in [0.05, 0.1) is 0 Å². The van der Waals surface area contributed by atoms with Crippen LogP contribution in [-0.4, -0.2) is 36.6 Å². The summed E-state index contributed by atoms with van der Waals surface area (Å²) in [6.07, 6.45) is 2.25. The molecule has 1 heterocycles. The molecule has 2 atom stereocenters. The van der Waals surface area contributed by atoms with Gasteiger partial charge in [-0.05, 0) is 19.3 Å². The number of hydrogen-bond acceptors (Lipinski definition) is 2. The lowest BCUT2D eigenvalue weighted by Gasteiger charge is -2.41. The molecule has 1 aliphatic rings. The fraction of sp³-hybridized carbons (Fsp3) is 0.857. The molecule has 0 bridgehead atoms. The maximum absolute atomic E-state index is 3.66. The molecular weight excluding hydrogens is 196 g/mol. The molecule has 16 heavy (non-hydrogen) atoms. The Balaban J connectivity index is 2.48. The highest BCUT2D eigenvalue weighted by molar-refractivity contribution is 4.97. The fourth-order valence-corrected chi connectivity index (χ4v) is 2.33. The van der Waals surface area contributed by atoms with Crippen molar-refractivity contribution in [3.8, 4) is 11.8 Å². The van der Waals surface area contributed by atoms with E-state index in [0.717, 1.165) is 25.4 Å². The zero-order valence-corrected chi connectivity index (χ0v) is 11.2. The lowest BCUT2D eigenvalue weighted by Crippen LogP contribution is -2.57. The molecule has 1 saturated heterocycles. The molecule has 0 spiro atoms. The molecule has 2 nitrogen and oxygen atoms in total. The van der Waals surface area contributed by atoms with Gasteiger partial charge in [0.2, 0.25) is 0 Å². The topological polar surface area (TPSA) is 15.3 Å². The number of nitrogens with zero attached hydrogens (tertiary/aromatic N) is 1. The minimum atomic E-state index is 0.650. The standard InChI is InChI=1S/C14H26N2/c1-5-7-8-9-16-11-14(12(3)4)15-10-13(16)6-2/h12-15H,6,8-11H2,1-4H3. The molecule has 92 valence electrons. The highest BCUT2D eigenvalue weighted by atomic mass is 15.2. The molecule has 2 heteroatoms. The molecule has 1 aliphatic heterocycles. The van der Waals surface area contributed by atoms with E-state index in [4.69, 9.17) is 0 Å². The van der Waals surface area contributed by atoms with Crippen molar-refractivity contribution >= 4 is 0 Å². The molecule has 0 amide bonds. The molecule has 0 aliphatic carbocycles. The van der Waals surface area contributed by atoms with E-state index in [0.29, 0.717) is 12.1 Å². The van der Waals surface area contributed by atoms with Crippen molar-refractivity contribution in [2.75, 3.05) is 19.6 Å². The molecule has 1 rings (SSSR count). The van der Waals surface area contributed by atoms with Crippen LogP contribution in [0.15, 0.2) is 0 Å². The summed E-state index contributed by atoms with van der Waals surface area (Å²) in [4.78, 5) is 2.62. The van der Waals surface area contributed by atoms with Gasteiger partial charge in [-0.15, -0.1) is 11.8 Å². The summed E-state index contributed by atoms with van der Waals surface area (Å²) in [6.45, 7) is 12.2. The van der Waals surface area contributed by atoms with Crippen molar-refractivity contribution in [2.24, 2.45) is 5.92 Å². The Kier molecular flexibility index (Phi) is 5.87. The van der Waals surface area contributed by atoms with Crippen LogP contribution >= 0.6 is 0 Å². The Labute approximate surface area is 101 Å². The number of nitrogens with one attached hydrogen (secondary N) is 1. The summed E-state index contributed by atoms with van der Waals surface area (Å²) in [6, 6.07) is 1.35. The van der Waals surface area contributed by atoms with Gasteiger partial charge in [-0.1, -0.05) is 20.8 Å². The van der Waals surface area contributed by atoms with Crippen LogP contribution in [0.1, 0.15) is 40.5 Å². The maximum atomic E-state index is 3.66. The van der Waals surface area contributed by atoms with Gasteiger partial charge in [-0.25, -0.2) is 0 Å². The van der Waals surface area contributed by atoms with Crippen LogP contribution in [0, 0.1) is 17.8 Å². The smallest absolute Gasteiger partial charge is 0.0219 e. The van der Waals surface area contributed by atoms with E-state index in [2.05, 4.69) is 42.8 Å². The average Bonchev–Trinajstić information content (AvgIpc) is 2.29. The van der Waals surface area contributed by atoms with Crippen molar-refractivity contribution in [1.29, 1.82) is 0 Å². The van der Waals surface area contributed by atoms with Crippen LogP contribution in [0.4, 0.5) is 0 Å². The van der Waals surface area contributed by atoms with Crippen LogP contribution in [-0.2, 0) is 0 Å². The number of hydrogen-bond donors (Lipinski definition) is 1. The molecule has 0 aromatic rings. The van der Waals surface area contributed by atoms with Crippen molar-refractivity contribution in [1.82, 2.24) is 10.2 Å². The van der Waals surface area contributed by atoms with Gasteiger partial charge in [0, 0.05) is 38.1 Å². The van der Waals surface area contributed by atoms with Crippen LogP contribution in [0.5, 0.6) is 0 Å². The first-order chi connectivity index (χ1) is 7.69. The maximum Gasteiger partial charge on any atom is 0.0219 e. The van der Waals surface area contributed by atoms with E-state index >= 15 is 0 Å². The second-order valence-corrected chi connectivity index (χ2v) is 4.99. The number of piperazine rings is 1. The first-order valence-corrected chi connectivity index (χ1v) is 6.56. The van der Waals surface area contributed by atoms with Crippen molar-refractivity contribution in [2.45, 2.75) is 52.6 Å². The minimum Gasteiger partial charge on any atom is -0.311 e. The second kappa shape index (κ2) is 6.93. The third-order valence-electron chi connectivity index (χ3n) is 3.54. The van der Waals surface area contributed by atoms with Gasteiger partial charge in [-0.2, -0.15) is 0 Å². The van der Waals surface area contributed by atoms with Crippen molar-refractivity contribution < 1.29 is 0 Å². The molecule has 1 N–H and O–H groups in total. The van der Waals surface area contributed by atoms with Gasteiger partial charge in [0.15, 0.2) is 0 Å². The molecule has 2 unspecified atom stereocenters. The van der Waals surface area contributed by atoms with Crippen LogP contribution < -0.4 is 5.32 Å². The molecule has 0 aromatic heterocycles. The molecular formula is C14H26N2. The van der Waals surface area contributed by atoms with Gasteiger partial charge in [0.25, 0.3) is 0 Å². The Morgan fingerprint density at radius 1 is 1.44 bits per heavy atom. The lowest BCUT2D eigenvalue weighted by molar-refractivity contribution is 0.113. The van der Waals surface area contributed by atoms with Crippen molar-refractivity contribution in [3.05, 3.63) is 0 Å². The van der Waals surface area contributed by atoms with Gasteiger partial charge in [-0.3, -0.25) is 4.90 Å². The van der Waals surface area contributed by atoms with E-state index in [1.54, 1.807) is 0 Å². The third-order valence-corrected chi connectivity index (χ3v) is 3.54. The molecule has 1 fully saturated rings. The molecule has 0 aromatic carbocycles. The Morgan fingerprint density at radius 3 is 2.75 bits per heavy atom. The first kappa shape index (κ1) is 13.5. The largest absolute Gasteiger partial charge is 0.311 e. The van der Waals surface area contributed by atoms with Gasteiger partial charge < -0.3 is 5.32 Å². The SMILES string of the molecule is CC#CCCN1CC(C(C)C)NCC1CC.